The Morgan fingerprint density at radius 1 is 1.11 bits per heavy atom. The monoisotopic (exact) mass is 382 g/mol. The van der Waals surface area contributed by atoms with Crippen LogP contribution >= 0.6 is 22.6 Å². The smallest absolute Gasteiger partial charge is 0.411 e. The van der Waals surface area contributed by atoms with Crippen LogP contribution in [0.25, 0.3) is 0 Å². The minimum absolute atomic E-state index is 0.0442. The number of rotatable bonds is 5. The SMILES string of the molecule is CC(C)OB(OC(C)(C)I)B1OC(C)(C)C(C)(C)O1. The maximum absolute atomic E-state index is 6.00. The average molecular weight is 382 g/mol. The van der Waals surface area contributed by atoms with Crippen LogP contribution in [0.4, 0.5) is 0 Å². The van der Waals surface area contributed by atoms with Crippen molar-refractivity contribution < 1.29 is 18.6 Å². The number of hydrogen-bond donors (Lipinski definition) is 0. The topological polar surface area (TPSA) is 36.9 Å². The Morgan fingerprint density at radius 2 is 1.53 bits per heavy atom. The maximum atomic E-state index is 6.00. The van der Waals surface area contributed by atoms with Crippen molar-refractivity contribution in [3.63, 3.8) is 0 Å². The normalized spacial score (nSPS) is 22.1. The van der Waals surface area contributed by atoms with Crippen LogP contribution in [0.3, 0.4) is 0 Å². The van der Waals surface area contributed by atoms with E-state index in [1.807, 2.05) is 55.4 Å². The lowest BCUT2D eigenvalue weighted by atomic mass is 9.48. The molecule has 1 aliphatic rings. The number of halogens is 1. The van der Waals surface area contributed by atoms with E-state index >= 15 is 0 Å². The zero-order valence-electron chi connectivity index (χ0n) is 13.2. The Morgan fingerprint density at radius 3 is 1.84 bits per heavy atom. The summed E-state index contributed by atoms with van der Waals surface area (Å²) in [5, 5.41) is 0. The molecule has 0 aromatic rings. The summed E-state index contributed by atoms with van der Waals surface area (Å²) in [7, 11) is -1.05. The van der Waals surface area contributed by atoms with Crippen molar-refractivity contribution in [2.75, 3.05) is 0 Å². The highest BCUT2D eigenvalue weighted by molar-refractivity contribution is 14.1. The number of hydrogen-bond acceptors (Lipinski definition) is 4. The maximum Gasteiger partial charge on any atom is 0.489 e. The molecular formula is C12H25B2IO4. The van der Waals surface area contributed by atoms with E-state index in [-0.39, 0.29) is 20.9 Å². The molecule has 0 bridgehead atoms. The van der Waals surface area contributed by atoms with Crippen LogP contribution < -0.4 is 0 Å². The molecular weight excluding hydrogens is 357 g/mol. The van der Waals surface area contributed by atoms with Crippen LogP contribution in [-0.2, 0) is 18.6 Å². The molecule has 0 radical (unpaired) electrons. The fourth-order valence-electron chi connectivity index (χ4n) is 1.69. The second-order valence-corrected chi connectivity index (χ2v) is 9.26. The van der Waals surface area contributed by atoms with E-state index in [0.717, 1.165) is 0 Å². The van der Waals surface area contributed by atoms with Crippen LogP contribution in [0.5, 0.6) is 0 Å². The van der Waals surface area contributed by atoms with Gasteiger partial charge in [0.25, 0.3) is 0 Å². The van der Waals surface area contributed by atoms with Crippen LogP contribution in [0.2, 0.25) is 0 Å². The van der Waals surface area contributed by atoms with Crippen molar-refractivity contribution in [3.8, 4) is 0 Å². The van der Waals surface area contributed by atoms with Crippen molar-refractivity contribution in [2.24, 2.45) is 0 Å². The third kappa shape index (κ3) is 4.88. The molecule has 0 spiro atoms. The van der Waals surface area contributed by atoms with Gasteiger partial charge in [-0.15, -0.1) is 0 Å². The van der Waals surface area contributed by atoms with E-state index < -0.39 is 14.0 Å². The quantitative estimate of drug-likeness (QED) is 0.416. The van der Waals surface area contributed by atoms with Crippen LogP contribution in [0.15, 0.2) is 0 Å². The zero-order valence-corrected chi connectivity index (χ0v) is 15.4. The first-order valence-electron chi connectivity index (χ1n) is 6.72. The average Bonchev–Trinajstić information content (AvgIpc) is 2.31. The van der Waals surface area contributed by atoms with E-state index in [0.29, 0.717) is 0 Å². The fourth-order valence-corrected chi connectivity index (χ4v) is 1.94. The summed E-state index contributed by atoms with van der Waals surface area (Å²) >= 11 is 2.23. The van der Waals surface area contributed by atoms with Gasteiger partial charge in [-0.1, -0.05) is 0 Å². The number of alkyl halides is 1. The van der Waals surface area contributed by atoms with Crippen molar-refractivity contribution in [1.29, 1.82) is 0 Å². The lowest BCUT2D eigenvalue weighted by Crippen LogP contribution is -2.48. The van der Waals surface area contributed by atoms with Gasteiger partial charge in [0.2, 0.25) is 0 Å². The molecule has 0 N–H and O–H groups in total. The van der Waals surface area contributed by atoms with Crippen LogP contribution in [0, 0.1) is 0 Å². The van der Waals surface area contributed by atoms with Gasteiger partial charge in [0, 0.05) is 6.10 Å². The van der Waals surface area contributed by atoms with Gasteiger partial charge in [-0.2, -0.15) is 0 Å². The summed E-state index contributed by atoms with van der Waals surface area (Å²) in [6.07, 6.45) is 0.0442. The molecule has 4 nitrogen and oxygen atoms in total. The Bertz CT molecular complexity index is 299. The van der Waals surface area contributed by atoms with E-state index in [1.165, 1.54) is 0 Å². The predicted molar refractivity (Wildman–Crippen MR) is 87.2 cm³/mol. The third-order valence-corrected chi connectivity index (χ3v) is 3.55. The fraction of sp³-hybridized carbons (Fsp3) is 1.00. The Kier molecular flexibility index (Phi) is 5.45. The van der Waals surface area contributed by atoms with Crippen LogP contribution in [-0.4, -0.2) is 34.9 Å². The molecule has 19 heavy (non-hydrogen) atoms. The van der Waals surface area contributed by atoms with Gasteiger partial charge in [-0.25, -0.2) is 0 Å². The lowest BCUT2D eigenvalue weighted by molar-refractivity contribution is 0.00578. The molecule has 0 aromatic heterocycles. The van der Waals surface area contributed by atoms with Gasteiger partial charge in [-0.05, 0) is 78.0 Å². The Hall–Kier alpha value is 0.700. The Balaban J connectivity index is 2.83. The first-order valence-corrected chi connectivity index (χ1v) is 7.80. The van der Waals surface area contributed by atoms with Crippen molar-refractivity contribution in [3.05, 3.63) is 0 Å². The molecule has 110 valence electrons. The van der Waals surface area contributed by atoms with Crippen molar-refractivity contribution in [2.45, 2.75) is 76.3 Å². The molecule has 1 fully saturated rings. The summed E-state index contributed by atoms with van der Waals surface area (Å²) in [6, 6.07) is 0. The van der Waals surface area contributed by atoms with Crippen molar-refractivity contribution in [1.82, 2.24) is 0 Å². The summed E-state index contributed by atoms with van der Waals surface area (Å²) in [4.78, 5) is 0. The molecule has 0 aromatic carbocycles. The van der Waals surface area contributed by atoms with Gasteiger partial charge in [-0.3, -0.25) is 0 Å². The third-order valence-electron chi connectivity index (χ3n) is 3.30. The van der Waals surface area contributed by atoms with Gasteiger partial charge < -0.3 is 18.6 Å². The summed E-state index contributed by atoms with van der Waals surface area (Å²) in [5.74, 6) is 0. The molecule has 1 rings (SSSR count). The highest BCUT2D eigenvalue weighted by Gasteiger charge is 2.58. The predicted octanol–water partition coefficient (Wildman–Crippen LogP) is 3.26. The molecule has 0 atom stereocenters. The van der Waals surface area contributed by atoms with E-state index in [4.69, 9.17) is 18.6 Å². The highest BCUT2D eigenvalue weighted by Crippen LogP contribution is 2.38. The first kappa shape index (κ1) is 17.8. The summed E-state index contributed by atoms with van der Waals surface area (Å²) in [6.45, 7) is 16.0. The molecule has 7 heteroatoms. The summed E-state index contributed by atoms with van der Waals surface area (Å²) < 4.78 is 23.4. The van der Waals surface area contributed by atoms with E-state index in [1.54, 1.807) is 0 Å². The Labute approximate surface area is 131 Å². The van der Waals surface area contributed by atoms with Crippen LogP contribution in [0.1, 0.15) is 55.4 Å². The second-order valence-electron chi connectivity index (χ2n) is 6.66. The van der Waals surface area contributed by atoms with Gasteiger partial charge in [0.15, 0.2) is 0 Å². The van der Waals surface area contributed by atoms with Gasteiger partial charge >= 0.3 is 14.0 Å². The van der Waals surface area contributed by atoms with Gasteiger partial charge in [0.05, 0.1) is 14.8 Å². The first-order chi connectivity index (χ1) is 8.34. The summed E-state index contributed by atoms with van der Waals surface area (Å²) in [5.41, 5.74) is -0.760. The second kappa shape index (κ2) is 5.83. The molecule has 0 amide bonds. The van der Waals surface area contributed by atoms with Gasteiger partial charge in [0.1, 0.15) is 0 Å². The van der Waals surface area contributed by atoms with Crippen molar-refractivity contribution >= 4 is 36.6 Å². The molecule has 0 unspecified atom stereocenters. The molecule has 1 heterocycles. The zero-order chi connectivity index (χ0) is 15.1. The lowest BCUT2D eigenvalue weighted by Gasteiger charge is -2.32. The minimum atomic E-state index is -0.534. The minimum Gasteiger partial charge on any atom is -0.411 e. The highest BCUT2D eigenvalue weighted by atomic mass is 127. The molecule has 0 aliphatic carbocycles. The standard InChI is InChI=1S/C12H25B2IO4/c1-9(2)16-13(19-12(7,8)15)14-17-10(3,4)11(5,6)18-14/h9H,1-8H3. The molecule has 1 saturated heterocycles. The molecule has 0 saturated carbocycles. The van der Waals surface area contributed by atoms with E-state index in [2.05, 4.69) is 22.6 Å². The largest absolute Gasteiger partial charge is 0.489 e. The van der Waals surface area contributed by atoms with E-state index in [9.17, 15) is 0 Å². The molecule has 1 aliphatic heterocycles.